The van der Waals surface area contributed by atoms with Crippen LogP contribution in [0.25, 0.3) is 0 Å². The van der Waals surface area contributed by atoms with Crippen molar-refractivity contribution >= 4 is 0 Å². The van der Waals surface area contributed by atoms with E-state index in [-0.39, 0.29) is 5.60 Å². The Bertz CT molecular complexity index is 236. The summed E-state index contributed by atoms with van der Waals surface area (Å²) in [4.78, 5) is 6.04. The van der Waals surface area contributed by atoms with E-state index in [1.54, 1.807) is 0 Å². The average Bonchev–Trinajstić information content (AvgIpc) is 2.17. The Morgan fingerprint density at radius 2 is 1.67 bits per heavy atom. The molecule has 3 nitrogen and oxygen atoms in total. The molecule has 0 aromatic heterocycles. The quantitative estimate of drug-likeness (QED) is 0.724. The van der Waals surface area contributed by atoms with E-state index in [4.69, 9.17) is 4.84 Å². The Morgan fingerprint density at radius 3 is 2.13 bits per heavy atom. The van der Waals surface area contributed by atoms with Gasteiger partial charge in [-0.15, -0.1) is 0 Å². The second kappa shape index (κ2) is 5.10. The van der Waals surface area contributed by atoms with Gasteiger partial charge in [-0.05, 0) is 40.2 Å². The second-order valence-corrected chi connectivity index (χ2v) is 4.91. The lowest BCUT2D eigenvalue weighted by atomic mass is 9.96. The van der Waals surface area contributed by atoms with E-state index in [1.165, 1.54) is 11.1 Å². The first-order valence-electron chi connectivity index (χ1n) is 5.73. The fraction of sp³-hybridized carbons (Fsp3) is 0.833. The predicted octanol–water partition coefficient (Wildman–Crippen LogP) is 1.96. The van der Waals surface area contributed by atoms with Crippen LogP contribution in [0.3, 0.4) is 0 Å². The maximum absolute atomic E-state index is 6.04. The topological polar surface area (TPSA) is 24.5 Å². The van der Waals surface area contributed by atoms with E-state index in [0.29, 0.717) is 0 Å². The molecule has 0 amide bonds. The molecule has 0 aromatic rings. The Hall–Kier alpha value is -0.380. The van der Waals surface area contributed by atoms with Crippen molar-refractivity contribution in [2.45, 2.75) is 40.2 Å². The minimum absolute atomic E-state index is 0.184. The highest BCUT2D eigenvalue weighted by Gasteiger charge is 2.26. The molecular formula is C12H24N2O. The van der Waals surface area contributed by atoms with Crippen molar-refractivity contribution in [1.82, 2.24) is 10.4 Å². The van der Waals surface area contributed by atoms with Gasteiger partial charge in [-0.25, -0.2) is 0 Å². The van der Waals surface area contributed by atoms with Crippen LogP contribution in [0, 0.1) is 0 Å². The number of piperazine rings is 1. The molecule has 1 N–H and O–H groups in total. The SMILES string of the molecule is CC(C)=C(C)C(C)(C)ON1CCNCC1. The first-order chi connectivity index (χ1) is 6.93. The largest absolute Gasteiger partial charge is 0.314 e. The highest BCUT2D eigenvalue weighted by molar-refractivity contribution is 5.17. The molecule has 0 radical (unpaired) electrons. The third-order valence-corrected chi connectivity index (χ3v) is 3.09. The number of hydroxylamine groups is 2. The third kappa shape index (κ3) is 3.59. The summed E-state index contributed by atoms with van der Waals surface area (Å²) in [5.74, 6) is 0. The summed E-state index contributed by atoms with van der Waals surface area (Å²) in [5.41, 5.74) is 2.48. The molecule has 0 saturated carbocycles. The number of rotatable bonds is 3. The van der Waals surface area contributed by atoms with Crippen LogP contribution in [0.15, 0.2) is 11.1 Å². The van der Waals surface area contributed by atoms with E-state index >= 15 is 0 Å². The van der Waals surface area contributed by atoms with Gasteiger partial charge in [-0.3, -0.25) is 4.84 Å². The van der Waals surface area contributed by atoms with Crippen LogP contribution in [-0.2, 0) is 4.84 Å². The van der Waals surface area contributed by atoms with Crippen LogP contribution in [0.4, 0.5) is 0 Å². The summed E-state index contributed by atoms with van der Waals surface area (Å²) >= 11 is 0. The first kappa shape index (κ1) is 12.7. The van der Waals surface area contributed by atoms with Gasteiger partial charge < -0.3 is 5.32 Å². The molecule has 1 aliphatic rings. The van der Waals surface area contributed by atoms with Gasteiger partial charge in [0.1, 0.15) is 5.60 Å². The summed E-state index contributed by atoms with van der Waals surface area (Å²) in [6, 6.07) is 0. The molecule has 1 rings (SSSR count). The van der Waals surface area contributed by atoms with Crippen molar-refractivity contribution in [3.05, 3.63) is 11.1 Å². The van der Waals surface area contributed by atoms with Crippen molar-refractivity contribution in [2.75, 3.05) is 26.2 Å². The van der Waals surface area contributed by atoms with Crippen LogP contribution in [0.2, 0.25) is 0 Å². The number of hydrogen-bond donors (Lipinski definition) is 1. The summed E-state index contributed by atoms with van der Waals surface area (Å²) in [6.07, 6.45) is 0. The highest BCUT2D eigenvalue weighted by Crippen LogP contribution is 2.24. The van der Waals surface area contributed by atoms with E-state index in [1.807, 2.05) is 0 Å². The molecule has 3 heteroatoms. The lowest BCUT2D eigenvalue weighted by Gasteiger charge is -2.36. The maximum Gasteiger partial charge on any atom is 0.105 e. The van der Waals surface area contributed by atoms with Crippen molar-refractivity contribution in [3.8, 4) is 0 Å². The van der Waals surface area contributed by atoms with Crippen LogP contribution in [-0.4, -0.2) is 36.8 Å². The molecular weight excluding hydrogens is 188 g/mol. The summed E-state index contributed by atoms with van der Waals surface area (Å²) in [6.45, 7) is 14.7. The standard InChI is InChI=1S/C12H24N2O/c1-10(2)11(3)12(4,5)15-14-8-6-13-7-9-14/h13H,6-9H2,1-5H3. The zero-order chi connectivity index (χ0) is 11.5. The number of nitrogens with zero attached hydrogens (tertiary/aromatic N) is 1. The molecule has 0 unspecified atom stereocenters. The van der Waals surface area contributed by atoms with Crippen molar-refractivity contribution < 1.29 is 4.84 Å². The molecule has 0 aliphatic carbocycles. The Kier molecular flexibility index (Phi) is 4.32. The van der Waals surface area contributed by atoms with Crippen LogP contribution < -0.4 is 5.32 Å². The smallest absolute Gasteiger partial charge is 0.105 e. The van der Waals surface area contributed by atoms with Crippen LogP contribution >= 0.6 is 0 Å². The highest BCUT2D eigenvalue weighted by atomic mass is 16.7. The van der Waals surface area contributed by atoms with Gasteiger partial charge in [0.2, 0.25) is 0 Å². The lowest BCUT2D eigenvalue weighted by Crippen LogP contribution is -2.47. The first-order valence-corrected chi connectivity index (χ1v) is 5.73. The fourth-order valence-electron chi connectivity index (χ4n) is 1.73. The molecule has 1 aliphatic heterocycles. The van der Waals surface area contributed by atoms with Gasteiger partial charge in [-0.2, -0.15) is 5.06 Å². The van der Waals surface area contributed by atoms with Gasteiger partial charge >= 0.3 is 0 Å². The zero-order valence-electron chi connectivity index (χ0n) is 10.7. The molecule has 0 atom stereocenters. The second-order valence-electron chi connectivity index (χ2n) is 4.91. The Balaban J connectivity index is 2.58. The van der Waals surface area contributed by atoms with Crippen LogP contribution in [0.1, 0.15) is 34.6 Å². The molecule has 1 fully saturated rings. The molecule has 0 spiro atoms. The number of hydrogen-bond acceptors (Lipinski definition) is 3. The average molecular weight is 212 g/mol. The summed E-state index contributed by atoms with van der Waals surface area (Å²) < 4.78 is 0. The van der Waals surface area contributed by atoms with Gasteiger partial charge in [-0.1, -0.05) is 5.57 Å². The Labute approximate surface area is 93.4 Å². The lowest BCUT2D eigenvalue weighted by molar-refractivity contribution is -0.225. The summed E-state index contributed by atoms with van der Waals surface area (Å²) in [7, 11) is 0. The predicted molar refractivity (Wildman–Crippen MR) is 63.7 cm³/mol. The molecule has 1 saturated heterocycles. The summed E-state index contributed by atoms with van der Waals surface area (Å²) in [5, 5.41) is 5.39. The Morgan fingerprint density at radius 1 is 1.13 bits per heavy atom. The van der Waals surface area contributed by atoms with Crippen molar-refractivity contribution in [1.29, 1.82) is 0 Å². The van der Waals surface area contributed by atoms with Crippen molar-refractivity contribution in [3.63, 3.8) is 0 Å². The number of nitrogens with one attached hydrogen (secondary N) is 1. The van der Waals surface area contributed by atoms with Crippen molar-refractivity contribution in [2.24, 2.45) is 0 Å². The molecule has 15 heavy (non-hydrogen) atoms. The minimum atomic E-state index is -0.184. The van der Waals surface area contributed by atoms with Crippen LogP contribution in [0.5, 0.6) is 0 Å². The van der Waals surface area contributed by atoms with E-state index < -0.39 is 0 Å². The number of allylic oxidation sites excluding steroid dienone is 1. The van der Waals surface area contributed by atoms with E-state index in [0.717, 1.165) is 26.2 Å². The van der Waals surface area contributed by atoms with Gasteiger partial charge in [0.25, 0.3) is 0 Å². The maximum atomic E-state index is 6.04. The molecule has 0 bridgehead atoms. The van der Waals surface area contributed by atoms with Gasteiger partial charge in [0, 0.05) is 26.2 Å². The molecule has 0 aromatic carbocycles. The normalized spacial score (nSPS) is 19.0. The minimum Gasteiger partial charge on any atom is -0.314 e. The fourth-order valence-corrected chi connectivity index (χ4v) is 1.73. The monoisotopic (exact) mass is 212 g/mol. The zero-order valence-corrected chi connectivity index (χ0v) is 10.7. The molecule has 88 valence electrons. The van der Waals surface area contributed by atoms with Gasteiger partial charge in [0.05, 0.1) is 0 Å². The molecule has 1 heterocycles. The third-order valence-electron chi connectivity index (χ3n) is 3.09. The van der Waals surface area contributed by atoms with Gasteiger partial charge in [0.15, 0.2) is 0 Å². The van der Waals surface area contributed by atoms with E-state index in [2.05, 4.69) is 45.0 Å². The van der Waals surface area contributed by atoms with E-state index in [9.17, 15) is 0 Å².